The van der Waals surface area contributed by atoms with Crippen LogP contribution in [0.2, 0.25) is 0 Å². The van der Waals surface area contributed by atoms with Gasteiger partial charge in [-0.05, 0) is 59.5 Å². The SMILES string of the molecule is CC(C)(C)OC(O)N1CCC(C(=O)NCCN2CCCCC2)CC1. The first-order chi connectivity index (χ1) is 11.3. The van der Waals surface area contributed by atoms with Gasteiger partial charge in [-0.25, -0.2) is 0 Å². The monoisotopic (exact) mass is 341 g/mol. The maximum absolute atomic E-state index is 12.3. The average molecular weight is 341 g/mol. The van der Waals surface area contributed by atoms with Crippen LogP contribution in [0.25, 0.3) is 0 Å². The van der Waals surface area contributed by atoms with Gasteiger partial charge in [0, 0.05) is 32.1 Å². The summed E-state index contributed by atoms with van der Waals surface area (Å²) in [5.74, 6) is 0.224. The van der Waals surface area contributed by atoms with Crippen molar-refractivity contribution in [3.05, 3.63) is 0 Å². The summed E-state index contributed by atoms with van der Waals surface area (Å²) in [6.07, 6.45) is 4.58. The molecule has 2 N–H and O–H groups in total. The standard InChI is InChI=1S/C18H35N3O3/c1-18(2,3)24-17(23)21-12-7-15(8-13-21)16(22)19-9-14-20-10-5-4-6-11-20/h15,17,23H,4-14H2,1-3H3,(H,19,22). The number of aliphatic hydroxyl groups excluding tert-OH is 1. The van der Waals surface area contributed by atoms with Crippen molar-refractivity contribution in [2.75, 3.05) is 39.3 Å². The topological polar surface area (TPSA) is 65.0 Å². The molecule has 0 saturated carbocycles. The maximum atomic E-state index is 12.3. The molecule has 2 saturated heterocycles. The van der Waals surface area contributed by atoms with Gasteiger partial charge in [0.15, 0.2) is 0 Å². The number of piperidine rings is 2. The summed E-state index contributed by atoms with van der Waals surface area (Å²) in [6, 6.07) is 0. The third-order valence-electron chi connectivity index (χ3n) is 4.85. The number of hydrogen-bond donors (Lipinski definition) is 2. The predicted molar refractivity (Wildman–Crippen MR) is 94.4 cm³/mol. The van der Waals surface area contributed by atoms with Gasteiger partial charge in [0.05, 0.1) is 5.60 Å². The van der Waals surface area contributed by atoms with Crippen LogP contribution in [-0.2, 0) is 9.53 Å². The van der Waals surface area contributed by atoms with Crippen LogP contribution in [0.3, 0.4) is 0 Å². The Morgan fingerprint density at radius 3 is 2.38 bits per heavy atom. The lowest BCUT2D eigenvalue weighted by molar-refractivity contribution is -0.243. The fraction of sp³-hybridized carbons (Fsp3) is 0.944. The minimum absolute atomic E-state index is 0.0597. The van der Waals surface area contributed by atoms with Crippen molar-refractivity contribution in [1.82, 2.24) is 15.1 Å². The zero-order valence-corrected chi connectivity index (χ0v) is 15.6. The molecule has 1 atom stereocenters. The minimum Gasteiger partial charge on any atom is -0.356 e. The van der Waals surface area contributed by atoms with Crippen molar-refractivity contribution >= 4 is 5.91 Å². The lowest BCUT2D eigenvalue weighted by Gasteiger charge is -2.36. The molecule has 140 valence electrons. The third-order valence-corrected chi connectivity index (χ3v) is 4.85. The minimum atomic E-state index is -0.881. The molecular weight excluding hydrogens is 306 g/mol. The summed E-state index contributed by atoms with van der Waals surface area (Å²) in [5, 5.41) is 13.2. The zero-order valence-electron chi connectivity index (χ0n) is 15.6. The highest BCUT2D eigenvalue weighted by atomic mass is 16.6. The van der Waals surface area contributed by atoms with E-state index in [0.717, 1.165) is 25.9 Å². The second-order valence-corrected chi connectivity index (χ2v) is 8.06. The highest BCUT2D eigenvalue weighted by molar-refractivity contribution is 5.78. The predicted octanol–water partition coefficient (Wildman–Crippen LogP) is 1.39. The van der Waals surface area contributed by atoms with Crippen molar-refractivity contribution in [2.24, 2.45) is 5.92 Å². The van der Waals surface area contributed by atoms with Gasteiger partial charge in [0.25, 0.3) is 0 Å². The molecular formula is C18H35N3O3. The van der Waals surface area contributed by atoms with Gasteiger partial charge in [-0.3, -0.25) is 9.69 Å². The van der Waals surface area contributed by atoms with Crippen LogP contribution in [0.15, 0.2) is 0 Å². The summed E-state index contributed by atoms with van der Waals surface area (Å²) < 4.78 is 5.58. The molecule has 0 bridgehead atoms. The summed E-state index contributed by atoms with van der Waals surface area (Å²) in [6.45, 7) is 11.2. The van der Waals surface area contributed by atoms with E-state index in [-0.39, 0.29) is 17.4 Å². The van der Waals surface area contributed by atoms with E-state index in [2.05, 4.69) is 10.2 Å². The quantitative estimate of drug-likeness (QED) is 0.715. The Morgan fingerprint density at radius 1 is 1.17 bits per heavy atom. The van der Waals surface area contributed by atoms with Crippen molar-refractivity contribution in [3.8, 4) is 0 Å². The van der Waals surface area contributed by atoms with Crippen molar-refractivity contribution < 1.29 is 14.6 Å². The number of nitrogens with zero attached hydrogens (tertiary/aromatic N) is 2. The molecule has 6 heteroatoms. The Hall–Kier alpha value is -0.690. The molecule has 0 aromatic heterocycles. The van der Waals surface area contributed by atoms with E-state index < -0.39 is 6.41 Å². The Morgan fingerprint density at radius 2 is 1.79 bits per heavy atom. The highest BCUT2D eigenvalue weighted by Crippen LogP contribution is 2.21. The second-order valence-electron chi connectivity index (χ2n) is 8.06. The number of hydrogen-bond acceptors (Lipinski definition) is 5. The number of carbonyl (C=O) groups excluding carboxylic acids is 1. The number of amides is 1. The number of aliphatic hydroxyl groups is 1. The van der Waals surface area contributed by atoms with Crippen LogP contribution in [0.1, 0.15) is 52.9 Å². The molecule has 0 spiro atoms. The van der Waals surface area contributed by atoms with Crippen LogP contribution in [-0.4, -0.2) is 72.1 Å². The van der Waals surface area contributed by atoms with Gasteiger partial charge in [0.2, 0.25) is 12.3 Å². The van der Waals surface area contributed by atoms with Gasteiger partial charge >= 0.3 is 0 Å². The van der Waals surface area contributed by atoms with Gasteiger partial charge in [-0.15, -0.1) is 0 Å². The molecule has 1 amide bonds. The molecule has 0 aromatic rings. The number of rotatable bonds is 6. The second kappa shape index (κ2) is 9.13. The smallest absolute Gasteiger partial charge is 0.223 e. The van der Waals surface area contributed by atoms with E-state index in [0.29, 0.717) is 13.1 Å². The lowest BCUT2D eigenvalue weighted by Crippen LogP contribution is -2.48. The van der Waals surface area contributed by atoms with Crippen molar-refractivity contribution in [2.45, 2.75) is 64.9 Å². The normalized spacial score (nSPS) is 23.2. The van der Waals surface area contributed by atoms with Gasteiger partial charge in [0.1, 0.15) is 0 Å². The third kappa shape index (κ3) is 6.67. The van der Waals surface area contributed by atoms with Crippen LogP contribution in [0.5, 0.6) is 0 Å². The van der Waals surface area contributed by atoms with Gasteiger partial charge in [-0.1, -0.05) is 6.42 Å². The number of ether oxygens (including phenoxy) is 1. The molecule has 2 aliphatic rings. The first-order valence-electron chi connectivity index (χ1n) is 9.45. The van der Waals surface area contributed by atoms with Crippen molar-refractivity contribution in [3.63, 3.8) is 0 Å². The van der Waals surface area contributed by atoms with Gasteiger partial charge in [-0.2, -0.15) is 0 Å². The van der Waals surface area contributed by atoms with Gasteiger partial charge < -0.3 is 20.1 Å². The highest BCUT2D eigenvalue weighted by Gasteiger charge is 2.30. The van der Waals surface area contributed by atoms with E-state index in [1.807, 2.05) is 25.7 Å². The molecule has 2 aliphatic heterocycles. The fourth-order valence-electron chi connectivity index (χ4n) is 3.44. The van der Waals surface area contributed by atoms with E-state index >= 15 is 0 Å². The van der Waals surface area contributed by atoms with Crippen LogP contribution < -0.4 is 5.32 Å². The molecule has 0 aliphatic carbocycles. The molecule has 6 nitrogen and oxygen atoms in total. The van der Waals surface area contributed by atoms with Crippen molar-refractivity contribution in [1.29, 1.82) is 0 Å². The Labute approximate surface area is 146 Å². The largest absolute Gasteiger partial charge is 0.356 e. The summed E-state index contributed by atoms with van der Waals surface area (Å²) in [5.41, 5.74) is -0.373. The average Bonchev–Trinajstić information content (AvgIpc) is 2.54. The van der Waals surface area contributed by atoms with Crippen LogP contribution >= 0.6 is 0 Å². The summed E-state index contributed by atoms with van der Waals surface area (Å²) in [7, 11) is 0. The molecule has 2 rings (SSSR count). The molecule has 0 radical (unpaired) electrons. The zero-order chi connectivity index (χ0) is 17.6. The molecule has 1 unspecified atom stereocenters. The Bertz CT molecular complexity index is 383. The first kappa shape index (κ1) is 19.6. The number of nitrogens with one attached hydrogen (secondary N) is 1. The van der Waals surface area contributed by atoms with Crippen LogP contribution in [0.4, 0.5) is 0 Å². The van der Waals surface area contributed by atoms with E-state index in [4.69, 9.17) is 4.74 Å². The molecule has 0 aromatic carbocycles. The Balaban J connectivity index is 1.63. The molecule has 24 heavy (non-hydrogen) atoms. The van der Waals surface area contributed by atoms with Crippen LogP contribution in [0, 0.1) is 5.92 Å². The molecule has 2 fully saturated rings. The molecule has 2 heterocycles. The fourth-order valence-corrected chi connectivity index (χ4v) is 3.44. The maximum Gasteiger partial charge on any atom is 0.223 e. The van der Waals surface area contributed by atoms with E-state index in [9.17, 15) is 9.90 Å². The summed E-state index contributed by atoms with van der Waals surface area (Å²) >= 11 is 0. The first-order valence-corrected chi connectivity index (χ1v) is 9.45. The number of carbonyl (C=O) groups is 1. The lowest BCUT2D eigenvalue weighted by atomic mass is 9.96. The summed E-state index contributed by atoms with van der Waals surface area (Å²) in [4.78, 5) is 16.6. The van der Waals surface area contributed by atoms with E-state index in [1.54, 1.807) is 0 Å². The number of likely N-dealkylation sites (tertiary alicyclic amines) is 2. The van der Waals surface area contributed by atoms with E-state index in [1.165, 1.54) is 32.4 Å². The Kier molecular flexibility index (Phi) is 7.47.